The second-order valence-corrected chi connectivity index (χ2v) is 9.05. The number of ether oxygens (including phenoxy) is 1. The maximum absolute atomic E-state index is 6.06. The van der Waals surface area contributed by atoms with Crippen LogP contribution in [0, 0.1) is 11.3 Å². The third-order valence-electron chi connectivity index (χ3n) is 7.16. The monoisotopic (exact) mass is 390 g/mol. The number of hydrogen-bond donors (Lipinski definition) is 1. The summed E-state index contributed by atoms with van der Waals surface area (Å²) >= 11 is 1.53. The largest absolute Gasteiger partial charge is 0.377 e. The van der Waals surface area contributed by atoms with Gasteiger partial charge in [0, 0.05) is 75.2 Å². The van der Waals surface area contributed by atoms with Crippen molar-refractivity contribution in [2.75, 3.05) is 44.7 Å². The molecule has 2 aliphatic carbocycles. The number of nitrogens with zero attached hydrogens (tertiary/aromatic N) is 5. The number of anilines is 1. The number of hydrogen-bond acceptors (Lipinski definition) is 6. The van der Waals surface area contributed by atoms with Crippen LogP contribution in [0.4, 0.5) is 5.13 Å². The highest BCUT2D eigenvalue weighted by Crippen LogP contribution is 2.62. The van der Waals surface area contributed by atoms with Gasteiger partial charge in [-0.25, -0.2) is 4.98 Å². The first kappa shape index (κ1) is 17.7. The van der Waals surface area contributed by atoms with Crippen LogP contribution in [0.2, 0.25) is 0 Å². The minimum absolute atomic E-state index is 0.391. The molecule has 2 saturated carbocycles. The minimum Gasteiger partial charge on any atom is -0.377 e. The Morgan fingerprint density at radius 3 is 2.78 bits per heavy atom. The number of nitrogens with one attached hydrogen (secondary N) is 1. The molecule has 0 amide bonds. The van der Waals surface area contributed by atoms with E-state index in [2.05, 4.69) is 36.4 Å². The van der Waals surface area contributed by atoms with Crippen molar-refractivity contribution in [3.63, 3.8) is 0 Å². The van der Waals surface area contributed by atoms with Gasteiger partial charge in [-0.2, -0.15) is 4.37 Å². The third-order valence-corrected chi connectivity index (χ3v) is 7.97. The Balaban J connectivity index is 1.21. The molecule has 3 heterocycles. The van der Waals surface area contributed by atoms with Crippen LogP contribution in [0.1, 0.15) is 38.4 Å². The molecule has 8 heteroatoms. The zero-order valence-electron chi connectivity index (χ0n) is 16.4. The van der Waals surface area contributed by atoms with Crippen molar-refractivity contribution >= 4 is 22.6 Å². The van der Waals surface area contributed by atoms with Crippen molar-refractivity contribution in [2.45, 2.75) is 51.2 Å². The molecule has 4 aliphatic rings. The van der Waals surface area contributed by atoms with Crippen molar-refractivity contribution < 1.29 is 4.74 Å². The summed E-state index contributed by atoms with van der Waals surface area (Å²) in [6, 6.07) is 0.547. The van der Waals surface area contributed by atoms with Gasteiger partial charge in [-0.15, -0.1) is 0 Å². The first-order valence-electron chi connectivity index (χ1n) is 10.4. The normalized spacial score (nSPS) is 32.2. The number of aromatic nitrogens is 2. The molecular formula is C19H30N6OS. The number of fused-ring (bicyclic) bond motifs is 2. The molecule has 0 aromatic carbocycles. The first-order valence-corrected chi connectivity index (χ1v) is 11.2. The van der Waals surface area contributed by atoms with Gasteiger partial charge in [0.1, 0.15) is 5.82 Å². The molecule has 0 bridgehead atoms. The van der Waals surface area contributed by atoms with E-state index in [1.165, 1.54) is 37.2 Å². The van der Waals surface area contributed by atoms with Crippen molar-refractivity contribution in [3.05, 3.63) is 5.82 Å². The second-order valence-electron chi connectivity index (χ2n) is 8.32. The lowest BCUT2D eigenvalue weighted by Crippen LogP contribution is -2.73. The van der Waals surface area contributed by atoms with Gasteiger partial charge in [0.15, 0.2) is 5.96 Å². The maximum Gasteiger partial charge on any atom is 0.205 e. The molecule has 3 atom stereocenters. The summed E-state index contributed by atoms with van der Waals surface area (Å²) in [6.45, 7) is 6.95. The molecule has 27 heavy (non-hydrogen) atoms. The molecule has 3 unspecified atom stereocenters. The summed E-state index contributed by atoms with van der Waals surface area (Å²) in [5.41, 5.74) is 0.391. The van der Waals surface area contributed by atoms with Crippen molar-refractivity contribution in [3.8, 4) is 0 Å². The Bertz CT molecular complexity index is 709. The topological polar surface area (TPSA) is 65.9 Å². The lowest BCUT2D eigenvalue weighted by atomic mass is 9.46. The Labute approximate surface area is 165 Å². The van der Waals surface area contributed by atoms with E-state index in [9.17, 15) is 0 Å². The zero-order chi connectivity index (χ0) is 18.4. The number of piperazine rings is 1. The molecule has 7 nitrogen and oxygen atoms in total. The molecule has 4 fully saturated rings. The fraction of sp³-hybridized carbons (Fsp3) is 0.842. The fourth-order valence-electron chi connectivity index (χ4n) is 5.52. The Morgan fingerprint density at radius 1 is 1.33 bits per heavy atom. The maximum atomic E-state index is 6.06. The fourth-order valence-corrected chi connectivity index (χ4v) is 6.32. The van der Waals surface area contributed by atoms with Crippen LogP contribution in [0.25, 0.3) is 0 Å². The van der Waals surface area contributed by atoms with E-state index < -0.39 is 0 Å². The lowest BCUT2D eigenvalue weighted by Gasteiger charge is -2.63. The van der Waals surface area contributed by atoms with E-state index in [1.54, 1.807) is 0 Å². The average Bonchev–Trinajstić information content (AvgIpc) is 3.30. The first-order chi connectivity index (χ1) is 13.2. The standard InChI is InChI=1S/C19H30N6OS/c1-3-14-21-18(27-23-14)25-10-8-24(9-11-25)17(20-2)22-15-13-5-12-26-16(13)19(15)6-4-7-19/h13,15-16H,3-12H2,1-2H3,(H,20,22). The predicted octanol–water partition coefficient (Wildman–Crippen LogP) is 1.76. The summed E-state index contributed by atoms with van der Waals surface area (Å²) in [5.74, 6) is 2.71. The van der Waals surface area contributed by atoms with E-state index in [0.717, 1.165) is 56.1 Å². The molecule has 2 saturated heterocycles. The highest BCUT2D eigenvalue weighted by Gasteiger charge is 2.66. The van der Waals surface area contributed by atoms with Crippen LogP contribution in [-0.4, -0.2) is 72.2 Å². The van der Waals surface area contributed by atoms with Crippen LogP contribution < -0.4 is 10.2 Å². The van der Waals surface area contributed by atoms with E-state index in [1.807, 2.05) is 7.05 Å². The Kier molecular flexibility index (Phi) is 4.50. The van der Waals surface area contributed by atoms with Crippen LogP contribution in [0.15, 0.2) is 4.99 Å². The number of aliphatic imine (C=N–C) groups is 1. The van der Waals surface area contributed by atoms with Crippen molar-refractivity contribution in [2.24, 2.45) is 16.3 Å². The average molecular weight is 391 g/mol. The number of aryl methyl sites for hydroxylation is 1. The summed E-state index contributed by atoms with van der Waals surface area (Å²) in [5, 5.41) is 4.92. The molecule has 148 valence electrons. The Morgan fingerprint density at radius 2 is 2.15 bits per heavy atom. The van der Waals surface area contributed by atoms with E-state index in [4.69, 9.17) is 4.74 Å². The molecule has 1 spiro atoms. The second kappa shape index (κ2) is 6.88. The van der Waals surface area contributed by atoms with Gasteiger partial charge in [0.2, 0.25) is 5.13 Å². The summed E-state index contributed by atoms with van der Waals surface area (Å²) < 4.78 is 10.5. The van der Waals surface area contributed by atoms with Gasteiger partial charge in [-0.3, -0.25) is 4.99 Å². The smallest absolute Gasteiger partial charge is 0.205 e. The zero-order valence-corrected chi connectivity index (χ0v) is 17.2. The van der Waals surface area contributed by atoms with Crippen molar-refractivity contribution in [1.29, 1.82) is 0 Å². The molecule has 5 rings (SSSR count). The summed E-state index contributed by atoms with van der Waals surface area (Å²) in [7, 11) is 1.92. The molecular weight excluding hydrogens is 360 g/mol. The quantitative estimate of drug-likeness (QED) is 0.627. The van der Waals surface area contributed by atoms with Crippen LogP contribution in [-0.2, 0) is 11.2 Å². The van der Waals surface area contributed by atoms with Gasteiger partial charge < -0.3 is 19.9 Å². The number of rotatable bonds is 3. The molecule has 1 aromatic heterocycles. The number of guanidine groups is 1. The van der Waals surface area contributed by atoms with Crippen LogP contribution in [0.5, 0.6) is 0 Å². The highest BCUT2D eigenvalue weighted by molar-refractivity contribution is 7.09. The predicted molar refractivity (Wildman–Crippen MR) is 107 cm³/mol. The van der Waals surface area contributed by atoms with Gasteiger partial charge >= 0.3 is 0 Å². The Hall–Kier alpha value is -1.41. The molecule has 0 radical (unpaired) electrons. The van der Waals surface area contributed by atoms with Crippen molar-refractivity contribution in [1.82, 2.24) is 19.6 Å². The summed E-state index contributed by atoms with van der Waals surface area (Å²) in [6.07, 6.45) is 6.59. The molecule has 2 aliphatic heterocycles. The lowest BCUT2D eigenvalue weighted by molar-refractivity contribution is -0.171. The molecule has 1 N–H and O–H groups in total. The van der Waals surface area contributed by atoms with E-state index in [0.29, 0.717) is 23.5 Å². The molecule has 1 aromatic rings. The van der Waals surface area contributed by atoms with E-state index in [-0.39, 0.29) is 0 Å². The van der Waals surface area contributed by atoms with E-state index >= 15 is 0 Å². The van der Waals surface area contributed by atoms with Gasteiger partial charge in [-0.05, 0) is 19.3 Å². The SMILES string of the molecule is CCc1nsc(N2CCN(C(=NC)NC3C4CCOC4C34CCC4)CC2)n1. The van der Waals surface area contributed by atoms with Crippen LogP contribution in [0.3, 0.4) is 0 Å². The van der Waals surface area contributed by atoms with Gasteiger partial charge in [-0.1, -0.05) is 13.3 Å². The highest BCUT2D eigenvalue weighted by atomic mass is 32.1. The van der Waals surface area contributed by atoms with Gasteiger partial charge in [0.25, 0.3) is 0 Å². The van der Waals surface area contributed by atoms with Gasteiger partial charge in [0.05, 0.1) is 6.10 Å². The minimum atomic E-state index is 0.391. The summed E-state index contributed by atoms with van der Waals surface area (Å²) in [4.78, 5) is 14.0. The van der Waals surface area contributed by atoms with Crippen LogP contribution >= 0.6 is 11.5 Å². The third kappa shape index (κ3) is 2.75.